The van der Waals surface area contributed by atoms with Crippen LogP contribution >= 0.6 is 22.9 Å². The average molecular weight is 380 g/mol. The summed E-state index contributed by atoms with van der Waals surface area (Å²) in [5, 5.41) is 15.0. The van der Waals surface area contributed by atoms with Crippen LogP contribution in [-0.2, 0) is 4.79 Å². The number of aliphatic imine (C=N–C) groups is 1. The number of aliphatic carboxylic acids is 1. The van der Waals surface area contributed by atoms with Gasteiger partial charge in [-0.05, 0) is 36.6 Å². The SMILES string of the molecule is CC1=C(CCC(=O)O)[C@H](c2ccc(F)cc2Cl)N=C(c2nccs2)N1. The molecule has 8 heteroatoms. The third kappa shape index (κ3) is 3.88. The summed E-state index contributed by atoms with van der Waals surface area (Å²) < 4.78 is 13.4. The highest BCUT2D eigenvalue weighted by Gasteiger charge is 2.27. The maximum absolute atomic E-state index is 13.4. The van der Waals surface area contributed by atoms with E-state index in [-0.39, 0.29) is 11.4 Å². The summed E-state index contributed by atoms with van der Waals surface area (Å²) in [6, 6.07) is 3.67. The van der Waals surface area contributed by atoms with Gasteiger partial charge in [-0.3, -0.25) is 9.79 Å². The zero-order valence-electron chi connectivity index (χ0n) is 13.3. The molecule has 2 N–H and O–H groups in total. The van der Waals surface area contributed by atoms with Crippen LogP contribution in [0.25, 0.3) is 0 Å². The Morgan fingerprint density at radius 3 is 2.92 bits per heavy atom. The van der Waals surface area contributed by atoms with Crippen LogP contribution in [0, 0.1) is 5.82 Å². The minimum Gasteiger partial charge on any atom is -0.481 e. The molecule has 1 aliphatic heterocycles. The van der Waals surface area contributed by atoms with Crippen LogP contribution in [0.15, 0.2) is 46.0 Å². The molecular weight excluding hydrogens is 365 g/mol. The van der Waals surface area contributed by atoms with Gasteiger partial charge in [0, 0.05) is 28.7 Å². The van der Waals surface area contributed by atoms with Gasteiger partial charge in [-0.15, -0.1) is 11.3 Å². The molecule has 1 atom stereocenters. The monoisotopic (exact) mass is 379 g/mol. The summed E-state index contributed by atoms with van der Waals surface area (Å²) in [6.07, 6.45) is 1.98. The van der Waals surface area contributed by atoms with E-state index in [1.165, 1.54) is 23.5 Å². The van der Waals surface area contributed by atoms with Crippen LogP contribution in [0.4, 0.5) is 4.39 Å². The van der Waals surface area contributed by atoms with Crippen molar-refractivity contribution in [1.82, 2.24) is 10.3 Å². The molecule has 2 heterocycles. The Morgan fingerprint density at radius 1 is 1.48 bits per heavy atom. The number of amidine groups is 1. The fourth-order valence-electron chi connectivity index (χ4n) is 2.70. The summed E-state index contributed by atoms with van der Waals surface area (Å²) in [5.74, 6) is -0.726. The van der Waals surface area contributed by atoms with Crippen molar-refractivity contribution in [2.75, 3.05) is 0 Å². The number of carboxylic acid groups (broad SMARTS) is 1. The molecule has 1 aromatic heterocycles. The molecule has 0 saturated carbocycles. The van der Waals surface area contributed by atoms with Crippen molar-refractivity contribution in [3.63, 3.8) is 0 Å². The highest BCUT2D eigenvalue weighted by atomic mass is 35.5. The van der Waals surface area contributed by atoms with E-state index in [4.69, 9.17) is 21.7 Å². The lowest BCUT2D eigenvalue weighted by Crippen LogP contribution is -2.30. The average Bonchev–Trinajstić information content (AvgIpc) is 3.07. The van der Waals surface area contributed by atoms with E-state index in [2.05, 4.69) is 10.3 Å². The van der Waals surface area contributed by atoms with Gasteiger partial charge in [-0.25, -0.2) is 9.37 Å². The number of halogens is 2. The number of nitrogens with one attached hydrogen (secondary N) is 1. The number of nitrogens with zero attached hydrogens (tertiary/aromatic N) is 2. The first-order valence-corrected chi connectivity index (χ1v) is 8.82. The second kappa shape index (κ2) is 7.33. The molecule has 5 nitrogen and oxygen atoms in total. The zero-order chi connectivity index (χ0) is 18.0. The number of carboxylic acids is 1. The molecule has 0 aliphatic carbocycles. The van der Waals surface area contributed by atoms with E-state index < -0.39 is 17.8 Å². The Kier molecular flexibility index (Phi) is 5.15. The second-order valence-corrected chi connectivity index (χ2v) is 6.85. The standard InChI is InChI=1S/C17H15ClFN3O2S/c1-9-11(4-5-14(23)24)15(12-3-2-10(19)8-13(12)18)22-16(21-9)17-20-6-7-25-17/h2-3,6-8,15H,4-5H2,1H3,(H,21,22)(H,23,24)/t15-/m1/s1. The van der Waals surface area contributed by atoms with Gasteiger partial charge in [0.2, 0.25) is 0 Å². The predicted molar refractivity (Wildman–Crippen MR) is 95.5 cm³/mol. The van der Waals surface area contributed by atoms with E-state index in [1.807, 2.05) is 12.3 Å². The second-order valence-electron chi connectivity index (χ2n) is 5.55. The van der Waals surface area contributed by atoms with E-state index in [1.54, 1.807) is 12.3 Å². The quantitative estimate of drug-likeness (QED) is 0.817. The highest BCUT2D eigenvalue weighted by Crippen LogP contribution is 2.37. The van der Waals surface area contributed by atoms with Crippen molar-refractivity contribution in [2.45, 2.75) is 25.8 Å². The summed E-state index contributed by atoms with van der Waals surface area (Å²) in [6.45, 7) is 1.86. The number of hydrogen-bond acceptors (Lipinski definition) is 5. The molecule has 130 valence electrons. The first kappa shape index (κ1) is 17.6. The van der Waals surface area contributed by atoms with Gasteiger partial charge in [0.1, 0.15) is 11.9 Å². The number of thiazole rings is 1. The molecule has 0 radical (unpaired) electrons. The maximum atomic E-state index is 13.4. The van der Waals surface area contributed by atoms with Crippen LogP contribution < -0.4 is 5.32 Å². The van der Waals surface area contributed by atoms with E-state index in [9.17, 15) is 9.18 Å². The Hall–Kier alpha value is -2.25. The first-order valence-electron chi connectivity index (χ1n) is 7.56. The van der Waals surface area contributed by atoms with E-state index in [0.717, 1.165) is 16.3 Å². The number of benzene rings is 1. The molecule has 1 aliphatic rings. The van der Waals surface area contributed by atoms with Crippen molar-refractivity contribution in [3.05, 3.63) is 62.5 Å². The van der Waals surface area contributed by atoms with Crippen LogP contribution in [-0.4, -0.2) is 21.9 Å². The molecule has 25 heavy (non-hydrogen) atoms. The van der Waals surface area contributed by atoms with Crippen molar-refractivity contribution in [2.24, 2.45) is 4.99 Å². The Bertz CT molecular complexity index is 865. The highest BCUT2D eigenvalue weighted by molar-refractivity contribution is 7.11. The van der Waals surface area contributed by atoms with Crippen molar-refractivity contribution in [3.8, 4) is 0 Å². The molecular formula is C17H15ClFN3O2S. The smallest absolute Gasteiger partial charge is 0.303 e. The molecule has 0 spiro atoms. The minimum atomic E-state index is -0.890. The Morgan fingerprint density at radius 2 is 2.28 bits per heavy atom. The summed E-state index contributed by atoms with van der Waals surface area (Å²) in [7, 11) is 0. The van der Waals surface area contributed by atoms with Crippen LogP contribution in [0.2, 0.25) is 5.02 Å². The maximum Gasteiger partial charge on any atom is 0.303 e. The van der Waals surface area contributed by atoms with Gasteiger partial charge in [-0.1, -0.05) is 17.7 Å². The lowest BCUT2D eigenvalue weighted by atomic mass is 9.92. The van der Waals surface area contributed by atoms with E-state index in [0.29, 0.717) is 17.8 Å². The Balaban J connectivity index is 2.05. The van der Waals surface area contributed by atoms with Crippen molar-refractivity contribution >= 4 is 34.7 Å². The minimum absolute atomic E-state index is 0.0221. The normalized spacial score (nSPS) is 17.2. The lowest BCUT2D eigenvalue weighted by Gasteiger charge is -2.27. The third-order valence-corrected chi connectivity index (χ3v) is 4.98. The molecule has 0 amide bonds. The van der Waals surface area contributed by atoms with Crippen LogP contribution in [0.5, 0.6) is 0 Å². The van der Waals surface area contributed by atoms with Gasteiger partial charge in [0.15, 0.2) is 10.8 Å². The van der Waals surface area contributed by atoms with Gasteiger partial charge in [-0.2, -0.15) is 0 Å². The van der Waals surface area contributed by atoms with Gasteiger partial charge in [0.25, 0.3) is 0 Å². The van der Waals surface area contributed by atoms with Gasteiger partial charge < -0.3 is 10.4 Å². The summed E-state index contributed by atoms with van der Waals surface area (Å²) in [5.41, 5.74) is 2.27. The van der Waals surface area contributed by atoms with Gasteiger partial charge in [0.05, 0.1) is 0 Å². The number of aromatic nitrogens is 1. The fourth-order valence-corrected chi connectivity index (χ4v) is 3.56. The lowest BCUT2D eigenvalue weighted by molar-refractivity contribution is -0.136. The zero-order valence-corrected chi connectivity index (χ0v) is 14.9. The largest absolute Gasteiger partial charge is 0.481 e. The molecule has 0 saturated heterocycles. The predicted octanol–water partition coefficient (Wildman–Crippen LogP) is 4.17. The van der Waals surface area contributed by atoms with Gasteiger partial charge >= 0.3 is 5.97 Å². The number of carbonyl (C=O) groups is 1. The molecule has 0 fully saturated rings. The number of rotatable bonds is 5. The van der Waals surface area contributed by atoms with Crippen LogP contribution in [0.1, 0.15) is 36.4 Å². The molecule has 0 bridgehead atoms. The third-order valence-electron chi connectivity index (χ3n) is 3.88. The van der Waals surface area contributed by atoms with Crippen molar-refractivity contribution in [1.29, 1.82) is 0 Å². The molecule has 1 aromatic carbocycles. The number of allylic oxidation sites excluding steroid dienone is 1. The summed E-state index contributed by atoms with van der Waals surface area (Å²) in [4.78, 5) is 19.9. The first-order chi connectivity index (χ1) is 12.0. The molecule has 0 unspecified atom stereocenters. The van der Waals surface area contributed by atoms with Crippen LogP contribution in [0.3, 0.4) is 0 Å². The number of hydrogen-bond donors (Lipinski definition) is 2. The Labute approximate surface area is 152 Å². The van der Waals surface area contributed by atoms with E-state index >= 15 is 0 Å². The molecule has 3 rings (SSSR count). The van der Waals surface area contributed by atoms with Crippen molar-refractivity contribution < 1.29 is 14.3 Å². The fraction of sp³-hybridized carbons (Fsp3) is 0.235. The topological polar surface area (TPSA) is 74.6 Å². The summed E-state index contributed by atoms with van der Waals surface area (Å²) >= 11 is 7.67. The molecule has 2 aromatic rings.